The number of hydrogen-bond donors (Lipinski definition) is 1. The van der Waals surface area contributed by atoms with E-state index in [4.69, 9.17) is 0 Å². The van der Waals surface area contributed by atoms with E-state index in [2.05, 4.69) is 19.9 Å². The number of fused-ring (bicyclic) bond motifs is 1. The second kappa shape index (κ2) is 5.58. The maximum absolute atomic E-state index is 12.1. The fourth-order valence-corrected chi connectivity index (χ4v) is 2.94. The van der Waals surface area contributed by atoms with Crippen molar-refractivity contribution in [2.24, 2.45) is 0 Å². The predicted octanol–water partition coefficient (Wildman–Crippen LogP) is 0.637. The number of H-pyrrole nitrogens is 1. The number of aromatic nitrogens is 4. The minimum absolute atomic E-state index is 0.0359. The van der Waals surface area contributed by atoms with Gasteiger partial charge in [0.1, 0.15) is 22.7 Å². The van der Waals surface area contributed by atoms with Gasteiger partial charge in [-0.2, -0.15) is 0 Å². The molecule has 1 saturated heterocycles. The number of aromatic amines is 1. The van der Waals surface area contributed by atoms with Crippen LogP contribution >= 0.6 is 11.8 Å². The van der Waals surface area contributed by atoms with E-state index in [1.807, 2.05) is 0 Å². The van der Waals surface area contributed by atoms with Crippen molar-refractivity contribution in [1.29, 1.82) is 0 Å². The number of ketones is 1. The second-order valence-electron chi connectivity index (χ2n) is 4.49. The van der Waals surface area contributed by atoms with Gasteiger partial charge in [0.05, 0.1) is 12.1 Å². The number of thioether (sulfide) groups is 1. The highest BCUT2D eigenvalue weighted by molar-refractivity contribution is 8.00. The van der Waals surface area contributed by atoms with Crippen molar-refractivity contribution in [2.75, 3.05) is 18.8 Å². The smallest absolute Gasteiger partial charge is 0.233 e. The summed E-state index contributed by atoms with van der Waals surface area (Å²) < 4.78 is 0. The third-order valence-electron chi connectivity index (χ3n) is 3.19. The normalized spacial score (nSPS) is 15.8. The molecule has 20 heavy (non-hydrogen) atoms. The first-order chi connectivity index (χ1) is 9.74. The van der Waals surface area contributed by atoms with E-state index in [1.165, 1.54) is 18.1 Å². The number of imidazole rings is 1. The standard InChI is InChI=1S/C12H13N5O2S/c18-8-1-3-17(4-2-8)9(19)5-20-12-10-11(14-6-13-10)15-7-16-12/h6-7H,1-5H2,(H,13,14,15,16). The number of carbonyl (C=O) groups excluding carboxylic acids is 2. The molecule has 0 saturated carbocycles. The van der Waals surface area contributed by atoms with E-state index >= 15 is 0 Å². The molecule has 104 valence electrons. The Hall–Kier alpha value is -1.96. The van der Waals surface area contributed by atoms with Gasteiger partial charge in [-0.05, 0) is 0 Å². The molecule has 0 atom stereocenters. The van der Waals surface area contributed by atoms with Crippen molar-refractivity contribution in [3.63, 3.8) is 0 Å². The zero-order valence-electron chi connectivity index (χ0n) is 10.7. The summed E-state index contributed by atoms with van der Waals surface area (Å²) in [7, 11) is 0. The van der Waals surface area contributed by atoms with Crippen LogP contribution in [0.15, 0.2) is 17.7 Å². The molecule has 1 N–H and O–H groups in total. The molecule has 3 heterocycles. The highest BCUT2D eigenvalue weighted by Gasteiger charge is 2.21. The van der Waals surface area contributed by atoms with Gasteiger partial charge in [-0.25, -0.2) is 15.0 Å². The lowest BCUT2D eigenvalue weighted by molar-refractivity contribution is -0.132. The number of nitrogens with zero attached hydrogens (tertiary/aromatic N) is 4. The summed E-state index contributed by atoms with van der Waals surface area (Å²) in [5, 5.41) is 0.717. The largest absolute Gasteiger partial charge is 0.341 e. The molecule has 7 nitrogen and oxygen atoms in total. The Balaban J connectivity index is 1.63. The van der Waals surface area contributed by atoms with E-state index in [9.17, 15) is 9.59 Å². The molecule has 0 spiro atoms. The Morgan fingerprint density at radius 2 is 2.10 bits per heavy atom. The summed E-state index contributed by atoms with van der Waals surface area (Å²) in [6.07, 6.45) is 3.93. The number of nitrogens with one attached hydrogen (secondary N) is 1. The third kappa shape index (κ3) is 2.64. The topological polar surface area (TPSA) is 91.8 Å². The van der Waals surface area contributed by atoms with Gasteiger partial charge in [0.25, 0.3) is 0 Å². The lowest BCUT2D eigenvalue weighted by Crippen LogP contribution is -2.39. The summed E-state index contributed by atoms with van der Waals surface area (Å²) in [5.74, 6) is 0.574. The maximum atomic E-state index is 12.1. The Kier molecular flexibility index (Phi) is 3.64. The molecule has 2 aromatic heterocycles. The van der Waals surface area contributed by atoms with Crippen molar-refractivity contribution in [3.8, 4) is 0 Å². The van der Waals surface area contributed by atoms with E-state index in [1.54, 1.807) is 11.2 Å². The summed E-state index contributed by atoms with van der Waals surface area (Å²) in [6.45, 7) is 1.06. The number of rotatable bonds is 3. The zero-order valence-corrected chi connectivity index (χ0v) is 11.5. The molecule has 3 rings (SSSR count). The SMILES string of the molecule is O=C1CCN(C(=O)CSc2ncnc3nc[nH]c23)CC1. The molecular formula is C12H13N5O2S. The Bertz CT molecular complexity index is 646. The first-order valence-corrected chi connectivity index (χ1v) is 7.29. The van der Waals surface area contributed by atoms with Crippen molar-refractivity contribution in [3.05, 3.63) is 12.7 Å². The quantitative estimate of drug-likeness (QED) is 0.659. The lowest BCUT2D eigenvalue weighted by atomic mass is 10.1. The fraction of sp³-hybridized carbons (Fsp3) is 0.417. The van der Waals surface area contributed by atoms with Crippen LogP contribution in [0.3, 0.4) is 0 Å². The van der Waals surface area contributed by atoms with Crippen LogP contribution in [0.4, 0.5) is 0 Å². The fourth-order valence-electron chi connectivity index (χ4n) is 2.08. The Morgan fingerprint density at radius 3 is 2.90 bits per heavy atom. The average molecular weight is 291 g/mol. The summed E-state index contributed by atoms with van der Waals surface area (Å²) in [5.41, 5.74) is 1.35. The predicted molar refractivity (Wildman–Crippen MR) is 73.2 cm³/mol. The molecule has 0 bridgehead atoms. The summed E-state index contributed by atoms with van der Waals surface area (Å²) in [6, 6.07) is 0. The van der Waals surface area contributed by atoms with Crippen LogP contribution in [0.2, 0.25) is 0 Å². The second-order valence-corrected chi connectivity index (χ2v) is 5.45. The maximum Gasteiger partial charge on any atom is 0.233 e. The number of carbonyl (C=O) groups is 2. The number of piperidine rings is 1. The van der Waals surface area contributed by atoms with Gasteiger partial charge in [-0.15, -0.1) is 0 Å². The van der Waals surface area contributed by atoms with Crippen LogP contribution in [0.1, 0.15) is 12.8 Å². The molecule has 1 amide bonds. The van der Waals surface area contributed by atoms with Crippen LogP contribution in [0.25, 0.3) is 11.2 Å². The van der Waals surface area contributed by atoms with Crippen molar-refractivity contribution in [2.45, 2.75) is 17.9 Å². The molecule has 1 aliphatic rings. The first kappa shape index (κ1) is 13.0. The van der Waals surface area contributed by atoms with E-state index in [0.717, 1.165) is 5.52 Å². The van der Waals surface area contributed by atoms with Gasteiger partial charge in [-0.1, -0.05) is 11.8 Å². The van der Waals surface area contributed by atoms with Crippen LogP contribution in [0.5, 0.6) is 0 Å². The van der Waals surface area contributed by atoms with Gasteiger partial charge in [-0.3, -0.25) is 9.59 Å². The molecule has 0 radical (unpaired) electrons. The van der Waals surface area contributed by atoms with Crippen molar-refractivity contribution >= 4 is 34.6 Å². The summed E-state index contributed by atoms with van der Waals surface area (Å²) in [4.78, 5) is 40.2. The first-order valence-electron chi connectivity index (χ1n) is 6.30. The Labute approximate surface area is 119 Å². The lowest BCUT2D eigenvalue weighted by Gasteiger charge is -2.25. The number of Topliss-reactive ketones (excluding diaryl/α,β-unsaturated/α-hetero) is 1. The number of amides is 1. The molecule has 2 aromatic rings. The monoisotopic (exact) mass is 291 g/mol. The van der Waals surface area contributed by atoms with Crippen LogP contribution < -0.4 is 0 Å². The van der Waals surface area contributed by atoms with Gasteiger partial charge in [0.15, 0.2) is 5.65 Å². The molecule has 1 aliphatic heterocycles. The summed E-state index contributed by atoms with van der Waals surface area (Å²) >= 11 is 1.36. The highest BCUT2D eigenvalue weighted by atomic mass is 32.2. The Morgan fingerprint density at radius 1 is 1.30 bits per heavy atom. The van der Waals surface area contributed by atoms with Gasteiger partial charge >= 0.3 is 0 Å². The van der Waals surface area contributed by atoms with E-state index in [0.29, 0.717) is 42.4 Å². The third-order valence-corrected chi connectivity index (χ3v) is 4.17. The minimum atomic E-state index is 0.0359. The molecule has 1 fully saturated rings. The van der Waals surface area contributed by atoms with Crippen LogP contribution in [0, 0.1) is 0 Å². The molecular weight excluding hydrogens is 278 g/mol. The average Bonchev–Trinajstić information content (AvgIpc) is 2.94. The van der Waals surface area contributed by atoms with Gasteiger partial charge in [0, 0.05) is 25.9 Å². The van der Waals surface area contributed by atoms with Gasteiger partial charge in [0.2, 0.25) is 5.91 Å². The van der Waals surface area contributed by atoms with Crippen molar-refractivity contribution in [1.82, 2.24) is 24.8 Å². The molecule has 0 aromatic carbocycles. The van der Waals surface area contributed by atoms with E-state index < -0.39 is 0 Å². The van der Waals surface area contributed by atoms with Gasteiger partial charge < -0.3 is 9.88 Å². The molecule has 0 aliphatic carbocycles. The van der Waals surface area contributed by atoms with E-state index in [-0.39, 0.29) is 11.7 Å². The van der Waals surface area contributed by atoms with Crippen LogP contribution in [-0.4, -0.2) is 55.4 Å². The zero-order chi connectivity index (χ0) is 13.9. The highest BCUT2D eigenvalue weighted by Crippen LogP contribution is 2.22. The molecule has 8 heteroatoms. The minimum Gasteiger partial charge on any atom is -0.341 e. The number of likely N-dealkylation sites (tertiary alicyclic amines) is 1. The van der Waals surface area contributed by atoms with Crippen molar-refractivity contribution < 1.29 is 9.59 Å². The van der Waals surface area contributed by atoms with Crippen LogP contribution in [-0.2, 0) is 9.59 Å². The molecule has 0 unspecified atom stereocenters. The number of hydrogen-bond acceptors (Lipinski definition) is 6.